The molecule has 0 aliphatic rings. The van der Waals surface area contributed by atoms with Gasteiger partial charge in [-0.05, 0) is 30.3 Å². The lowest BCUT2D eigenvalue weighted by molar-refractivity contribution is -0.113. The fourth-order valence-corrected chi connectivity index (χ4v) is 4.24. The zero-order valence-electron chi connectivity index (χ0n) is 13.2. The Kier molecular flexibility index (Phi) is 5.81. The number of rotatable bonds is 7. The highest BCUT2D eigenvalue weighted by Gasteiger charge is 2.15. The minimum Gasteiger partial charge on any atom is -0.325 e. The van der Waals surface area contributed by atoms with Gasteiger partial charge in [0.25, 0.3) is 10.0 Å². The molecule has 26 heavy (non-hydrogen) atoms. The molecule has 0 unspecified atom stereocenters. The highest BCUT2D eigenvalue weighted by molar-refractivity contribution is 7.99. The van der Waals surface area contributed by atoms with Crippen molar-refractivity contribution in [2.24, 2.45) is 0 Å². The maximum absolute atomic E-state index is 12.2. The third-order valence-electron chi connectivity index (χ3n) is 2.98. The minimum atomic E-state index is -3.71. The molecule has 134 valence electrons. The lowest BCUT2D eigenvalue weighted by atomic mass is 10.3. The summed E-state index contributed by atoms with van der Waals surface area (Å²) in [6.07, 6.45) is 4.72. The summed E-state index contributed by atoms with van der Waals surface area (Å²) < 4.78 is 26.9. The van der Waals surface area contributed by atoms with Crippen LogP contribution >= 0.6 is 23.1 Å². The number of sulfonamides is 1. The van der Waals surface area contributed by atoms with Crippen LogP contribution in [0.4, 0.5) is 10.8 Å². The summed E-state index contributed by atoms with van der Waals surface area (Å²) in [6, 6.07) is 7.58. The zero-order chi connectivity index (χ0) is 18.4. The van der Waals surface area contributed by atoms with Gasteiger partial charge in [0.2, 0.25) is 5.91 Å². The number of thiazole rings is 1. The van der Waals surface area contributed by atoms with Crippen LogP contribution in [-0.4, -0.2) is 35.0 Å². The molecule has 3 rings (SSSR count). The Morgan fingerprint density at radius 2 is 1.81 bits per heavy atom. The topological polar surface area (TPSA) is 114 Å². The first-order valence-electron chi connectivity index (χ1n) is 7.25. The maximum Gasteiger partial charge on any atom is 0.263 e. The van der Waals surface area contributed by atoms with Gasteiger partial charge < -0.3 is 5.32 Å². The first kappa shape index (κ1) is 18.3. The fraction of sp³-hybridized carbons (Fsp3) is 0.0667. The van der Waals surface area contributed by atoms with Crippen LogP contribution < -0.4 is 10.0 Å². The summed E-state index contributed by atoms with van der Waals surface area (Å²) >= 11 is 2.40. The van der Waals surface area contributed by atoms with Crippen LogP contribution in [0.15, 0.2) is 64.4 Å². The summed E-state index contributed by atoms with van der Waals surface area (Å²) in [5.74, 6) is -0.0886. The summed E-state index contributed by atoms with van der Waals surface area (Å²) in [4.78, 5) is 24.0. The number of nitrogens with zero attached hydrogens (tertiary/aromatic N) is 3. The Morgan fingerprint density at radius 3 is 2.46 bits per heavy atom. The Morgan fingerprint density at radius 1 is 1.08 bits per heavy atom. The molecule has 0 aliphatic heterocycles. The van der Waals surface area contributed by atoms with E-state index in [-0.39, 0.29) is 16.6 Å². The standard InChI is InChI=1S/C15H13N5O3S3/c21-13(10-25-14-16-6-1-7-17-14)19-11-2-4-12(5-3-11)26(22,23)20-15-18-8-9-24-15/h1-9H,10H2,(H,18,20)(H,19,21). The van der Waals surface area contributed by atoms with Crippen molar-refractivity contribution < 1.29 is 13.2 Å². The number of carbonyl (C=O) groups excluding carboxylic acids is 1. The smallest absolute Gasteiger partial charge is 0.263 e. The van der Waals surface area contributed by atoms with Crippen molar-refractivity contribution in [3.05, 3.63) is 54.3 Å². The van der Waals surface area contributed by atoms with Gasteiger partial charge in [-0.1, -0.05) is 11.8 Å². The van der Waals surface area contributed by atoms with E-state index in [1.54, 1.807) is 23.8 Å². The van der Waals surface area contributed by atoms with E-state index in [1.165, 1.54) is 53.6 Å². The van der Waals surface area contributed by atoms with Crippen molar-refractivity contribution in [1.29, 1.82) is 0 Å². The van der Waals surface area contributed by atoms with E-state index >= 15 is 0 Å². The average molecular weight is 408 g/mol. The Labute approximate surface area is 158 Å². The van der Waals surface area contributed by atoms with Crippen LogP contribution in [0.2, 0.25) is 0 Å². The van der Waals surface area contributed by atoms with E-state index in [2.05, 4.69) is 25.0 Å². The Balaban J connectivity index is 1.58. The predicted molar refractivity (Wildman–Crippen MR) is 101 cm³/mol. The largest absolute Gasteiger partial charge is 0.325 e. The molecule has 0 bridgehead atoms. The quantitative estimate of drug-likeness (QED) is 0.457. The lowest BCUT2D eigenvalue weighted by Gasteiger charge is -2.07. The molecule has 0 atom stereocenters. The second kappa shape index (κ2) is 8.25. The number of anilines is 2. The number of hydrogen-bond acceptors (Lipinski definition) is 8. The van der Waals surface area contributed by atoms with Gasteiger partial charge in [-0.2, -0.15) is 0 Å². The van der Waals surface area contributed by atoms with E-state index < -0.39 is 10.0 Å². The molecule has 2 N–H and O–H groups in total. The second-order valence-electron chi connectivity index (χ2n) is 4.84. The summed E-state index contributed by atoms with van der Waals surface area (Å²) in [5, 5.41) is 5.18. The van der Waals surface area contributed by atoms with Crippen molar-refractivity contribution in [3.8, 4) is 0 Å². The molecule has 0 aliphatic carbocycles. The molecule has 8 nitrogen and oxygen atoms in total. The Hall–Kier alpha value is -2.50. The van der Waals surface area contributed by atoms with E-state index in [1.807, 2.05) is 0 Å². The molecule has 2 aromatic heterocycles. The van der Waals surface area contributed by atoms with Crippen LogP contribution in [0.3, 0.4) is 0 Å². The number of aromatic nitrogens is 3. The van der Waals surface area contributed by atoms with E-state index in [0.717, 1.165) is 0 Å². The summed E-state index contributed by atoms with van der Waals surface area (Å²) in [7, 11) is -3.71. The van der Waals surface area contributed by atoms with Crippen LogP contribution in [-0.2, 0) is 14.8 Å². The molecule has 0 fully saturated rings. The second-order valence-corrected chi connectivity index (χ2v) is 8.35. The van der Waals surface area contributed by atoms with Crippen LogP contribution in [0.5, 0.6) is 0 Å². The van der Waals surface area contributed by atoms with Crippen LogP contribution in [0, 0.1) is 0 Å². The average Bonchev–Trinajstić information content (AvgIpc) is 3.14. The third-order valence-corrected chi connectivity index (χ3v) is 6.02. The number of hydrogen-bond donors (Lipinski definition) is 2. The molecule has 0 radical (unpaired) electrons. The van der Waals surface area contributed by atoms with E-state index in [0.29, 0.717) is 16.0 Å². The zero-order valence-corrected chi connectivity index (χ0v) is 15.6. The maximum atomic E-state index is 12.2. The van der Waals surface area contributed by atoms with E-state index in [4.69, 9.17) is 0 Å². The van der Waals surface area contributed by atoms with Gasteiger partial charge in [0, 0.05) is 29.7 Å². The molecule has 11 heteroatoms. The molecule has 3 aromatic rings. The van der Waals surface area contributed by atoms with Gasteiger partial charge in [-0.3, -0.25) is 9.52 Å². The van der Waals surface area contributed by atoms with Gasteiger partial charge in [0.15, 0.2) is 10.3 Å². The highest BCUT2D eigenvalue weighted by Crippen LogP contribution is 2.20. The van der Waals surface area contributed by atoms with Gasteiger partial charge in [-0.15, -0.1) is 11.3 Å². The number of benzene rings is 1. The van der Waals surface area contributed by atoms with Gasteiger partial charge in [-0.25, -0.2) is 23.4 Å². The number of amides is 1. The molecule has 0 saturated carbocycles. The molecule has 1 aromatic carbocycles. The summed E-state index contributed by atoms with van der Waals surface area (Å²) in [5.41, 5.74) is 0.498. The molecule has 1 amide bonds. The van der Waals surface area contributed by atoms with Crippen LogP contribution in [0.1, 0.15) is 0 Å². The minimum absolute atomic E-state index is 0.0813. The predicted octanol–water partition coefficient (Wildman–Crippen LogP) is 2.46. The van der Waals surface area contributed by atoms with Crippen LogP contribution in [0.25, 0.3) is 0 Å². The van der Waals surface area contributed by atoms with Gasteiger partial charge >= 0.3 is 0 Å². The molecule has 0 spiro atoms. The highest BCUT2D eigenvalue weighted by atomic mass is 32.2. The summed E-state index contributed by atoms with van der Waals surface area (Å²) in [6.45, 7) is 0. The SMILES string of the molecule is O=C(CSc1ncccn1)Nc1ccc(S(=O)(=O)Nc2nccs2)cc1. The molecular weight excluding hydrogens is 394 g/mol. The number of thioether (sulfide) groups is 1. The third kappa shape index (κ3) is 5.00. The van der Waals surface area contributed by atoms with E-state index in [9.17, 15) is 13.2 Å². The Bertz CT molecular complexity index is 962. The van der Waals surface area contributed by atoms with Gasteiger partial charge in [0.05, 0.1) is 10.6 Å². The molecular formula is C15H13N5O3S3. The van der Waals surface area contributed by atoms with Crippen molar-refractivity contribution >= 4 is 49.8 Å². The van der Waals surface area contributed by atoms with Crippen molar-refractivity contribution in [2.45, 2.75) is 10.1 Å². The first-order valence-corrected chi connectivity index (χ1v) is 10.6. The number of nitrogens with one attached hydrogen (secondary N) is 2. The molecule has 2 heterocycles. The van der Waals surface area contributed by atoms with Crippen molar-refractivity contribution in [3.63, 3.8) is 0 Å². The van der Waals surface area contributed by atoms with Crippen molar-refractivity contribution in [2.75, 3.05) is 15.8 Å². The number of carbonyl (C=O) groups is 1. The monoisotopic (exact) mass is 407 g/mol. The first-order chi connectivity index (χ1) is 12.5. The normalized spacial score (nSPS) is 11.1. The van der Waals surface area contributed by atoms with Crippen molar-refractivity contribution in [1.82, 2.24) is 15.0 Å². The fourth-order valence-electron chi connectivity index (χ4n) is 1.85. The molecule has 0 saturated heterocycles. The van der Waals surface area contributed by atoms with Gasteiger partial charge in [0.1, 0.15) is 0 Å². The lowest BCUT2D eigenvalue weighted by Crippen LogP contribution is -2.15.